The molecule has 1 rings (SSSR count). The highest BCUT2D eigenvalue weighted by Crippen LogP contribution is 2.22. The van der Waals surface area contributed by atoms with Crippen molar-refractivity contribution < 1.29 is 4.74 Å². The summed E-state index contributed by atoms with van der Waals surface area (Å²) < 4.78 is 6.19. The molecule has 0 aliphatic carbocycles. The van der Waals surface area contributed by atoms with Gasteiger partial charge < -0.3 is 10.5 Å². The van der Waals surface area contributed by atoms with Crippen LogP contribution in [0.1, 0.15) is 5.56 Å². The van der Waals surface area contributed by atoms with Crippen molar-refractivity contribution in [2.75, 3.05) is 13.2 Å². The van der Waals surface area contributed by atoms with Crippen LogP contribution in [0, 0.1) is 11.3 Å². The summed E-state index contributed by atoms with van der Waals surface area (Å²) in [6, 6.07) is 7.54. The third-order valence-corrected chi connectivity index (χ3v) is 2.51. The van der Waals surface area contributed by atoms with Crippen LogP contribution >= 0.6 is 15.9 Å². The maximum absolute atomic E-state index is 8.35. The number of hydrogen-bond acceptors (Lipinski definition) is 3. The number of nitrogens with zero attached hydrogens (tertiary/aromatic N) is 1. The first kappa shape index (κ1) is 11.0. The summed E-state index contributed by atoms with van der Waals surface area (Å²) in [5.74, 6) is 0.707. The molecule has 0 aromatic heterocycles. The van der Waals surface area contributed by atoms with E-state index in [9.17, 15) is 0 Å². The van der Waals surface area contributed by atoms with E-state index < -0.39 is 0 Å². The molecule has 0 unspecified atom stereocenters. The summed E-state index contributed by atoms with van der Waals surface area (Å²) in [7, 11) is 0. The van der Waals surface area contributed by atoms with E-state index in [1.807, 2.05) is 24.3 Å². The number of hydrogen-bond donors (Lipinski definition) is 1. The van der Waals surface area contributed by atoms with Crippen LogP contribution in [-0.4, -0.2) is 13.2 Å². The van der Waals surface area contributed by atoms with E-state index in [1.165, 1.54) is 0 Å². The summed E-state index contributed by atoms with van der Waals surface area (Å²) in [5.41, 5.74) is 6.57. The largest absolute Gasteiger partial charge is 0.479 e. The minimum Gasteiger partial charge on any atom is -0.479 e. The van der Waals surface area contributed by atoms with Gasteiger partial charge in [0, 0.05) is 4.47 Å². The van der Waals surface area contributed by atoms with Crippen LogP contribution < -0.4 is 10.5 Å². The predicted octanol–water partition coefficient (Wildman–Crippen LogP) is 1.85. The Bertz CT molecular complexity index is 346. The topological polar surface area (TPSA) is 59.0 Å². The van der Waals surface area contributed by atoms with E-state index in [1.54, 1.807) is 0 Å². The van der Waals surface area contributed by atoms with Crippen molar-refractivity contribution in [1.82, 2.24) is 0 Å². The molecule has 4 heteroatoms. The van der Waals surface area contributed by atoms with Crippen molar-refractivity contribution in [1.29, 1.82) is 5.26 Å². The first-order valence-electron chi connectivity index (χ1n) is 4.26. The van der Waals surface area contributed by atoms with Gasteiger partial charge in [-0.3, -0.25) is 0 Å². The summed E-state index contributed by atoms with van der Waals surface area (Å²) in [5, 5.41) is 8.35. The first-order chi connectivity index (χ1) is 6.77. The lowest BCUT2D eigenvalue weighted by molar-refractivity contribution is 0.367. The van der Waals surface area contributed by atoms with Gasteiger partial charge in [-0.1, -0.05) is 15.9 Å². The van der Waals surface area contributed by atoms with E-state index in [2.05, 4.69) is 15.9 Å². The molecule has 2 N–H and O–H groups in total. The highest BCUT2D eigenvalue weighted by Gasteiger charge is 2.01. The lowest BCUT2D eigenvalue weighted by atomic mass is 10.1. The monoisotopic (exact) mass is 254 g/mol. The molecular formula is C10H11BrN2O. The number of ether oxygens (including phenoxy) is 1. The molecule has 0 amide bonds. The number of rotatable bonds is 4. The molecule has 0 saturated heterocycles. The maximum atomic E-state index is 8.35. The number of halogens is 1. The minimum absolute atomic E-state index is 0.0731. The maximum Gasteiger partial charge on any atom is 0.174 e. The minimum atomic E-state index is 0.0731. The zero-order chi connectivity index (χ0) is 10.4. The second kappa shape index (κ2) is 5.63. The fraction of sp³-hybridized carbons (Fsp3) is 0.300. The molecule has 0 aliphatic rings. The lowest BCUT2D eigenvalue weighted by Crippen LogP contribution is -2.03. The Kier molecular flexibility index (Phi) is 4.44. The standard InChI is InChI=1S/C10H11BrN2O/c11-10-2-1-9(14-6-5-13)7-8(10)3-4-12/h1-2,7H,3-4,6,12H2. The van der Waals surface area contributed by atoms with Gasteiger partial charge in [0.2, 0.25) is 0 Å². The van der Waals surface area contributed by atoms with Gasteiger partial charge in [-0.15, -0.1) is 0 Å². The molecule has 74 valence electrons. The van der Waals surface area contributed by atoms with Crippen molar-refractivity contribution in [2.24, 2.45) is 5.73 Å². The number of nitrogens with two attached hydrogens (primary N) is 1. The molecule has 1 aromatic carbocycles. The van der Waals surface area contributed by atoms with Gasteiger partial charge >= 0.3 is 0 Å². The van der Waals surface area contributed by atoms with E-state index in [4.69, 9.17) is 15.7 Å². The smallest absolute Gasteiger partial charge is 0.174 e. The highest BCUT2D eigenvalue weighted by atomic mass is 79.9. The van der Waals surface area contributed by atoms with Crippen molar-refractivity contribution in [3.8, 4) is 11.8 Å². The zero-order valence-corrected chi connectivity index (χ0v) is 9.25. The molecule has 14 heavy (non-hydrogen) atoms. The van der Waals surface area contributed by atoms with Crippen LogP contribution in [0.2, 0.25) is 0 Å². The van der Waals surface area contributed by atoms with Gasteiger partial charge in [0.15, 0.2) is 6.61 Å². The second-order valence-corrected chi connectivity index (χ2v) is 3.59. The van der Waals surface area contributed by atoms with Crippen LogP contribution in [0.3, 0.4) is 0 Å². The van der Waals surface area contributed by atoms with Crippen LogP contribution in [-0.2, 0) is 6.42 Å². The van der Waals surface area contributed by atoms with E-state index >= 15 is 0 Å². The third-order valence-electron chi connectivity index (χ3n) is 1.73. The van der Waals surface area contributed by atoms with Gasteiger partial charge in [-0.25, -0.2) is 0 Å². The molecule has 0 aliphatic heterocycles. The zero-order valence-electron chi connectivity index (χ0n) is 7.66. The molecule has 0 fully saturated rings. The Balaban J connectivity index is 2.78. The number of benzene rings is 1. The van der Waals surface area contributed by atoms with Crippen molar-refractivity contribution in [3.05, 3.63) is 28.2 Å². The Hall–Kier alpha value is -1.05. The average molecular weight is 255 g/mol. The molecule has 0 radical (unpaired) electrons. The van der Waals surface area contributed by atoms with E-state index in [0.29, 0.717) is 12.3 Å². The Labute approximate surface area is 91.6 Å². The van der Waals surface area contributed by atoms with Gasteiger partial charge in [-0.05, 0) is 36.7 Å². The van der Waals surface area contributed by atoms with E-state index in [0.717, 1.165) is 16.5 Å². The summed E-state index contributed by atoms with van der Waals surface area (Å²) in [4.78, 5) is 0. The average Bonchev–Trinajstić information content (AvgIpc) is 2.19. The molecule has 0 bridgehead atoms. The van der Waals surface area contributed by atoms with Crippen LogP contribution in [0.15, 0.2) is 22.7 Å². The highest BCUT2D eigenvalue weighted by molar-refractivity contribution is 9.10. The SMILES string of the molecule is N#CCOc1ccc(Br)c(CCN)c1. The fourth-order valence-electron chi connectivity index (χ4n) is 1.10. The predicted molar refractivity (Wildman–Crippen MR) is 58.0 cm³/mol. The molecular weight excluding hydrogens is 244 g/mol. The quantitative estimate of drug-likeness (QED) is 0.893. The van der Waals surface area contributed by atoms with Gasteiger partial charge in [0.1, 0.15) is 11.8 Å². The van der Waals surface area contributed by atoms with Gasteiger partial charge in [0.25, 0.3) is 0 Å². The molecule has 0 saturated carbocycles. The van der Waals surface area contributed by atoms with Crippen LogP contribution in [0.25, 0.3) is 0 Å². The van der Waals surface area contributed by atoms with E-state index in [-0.39, 0.29) is 6.61 Å². The Morgan fingerprint density at radius 2 is 2.29 bits per heavy atom. The fourth-order valence-corrected chi connectivity index (χ4v) is 1.55. The van der Waals surface area contributed by atoms with Crippen LogP contribution in [0.4, 0.5) is 0 Å². The van der Waals surface area contributed by atoms with Crippen molar-refractivity contribution >= 4 is 15.9 Å². The summed E-state index contributed by atoms with van der Waals surface area (Å²) in [6.45, 7) is 0.671. The van der Waals surface area contributed by atoms with Crippen molar-refractivity contribution in [3.63, 3.8) is 0 Å². The molecule has 1 aromatic rings. The molecule has 3 nitrogen and oxygen atoms in total. The summed E-state index contributed by atoms with van der Waals surface area (Å²) >= 11 is 3.42. The Morgan fingerprint density at radius 3 is 2.93 bits per heavy atom. The lowest BCUT2D eigenvalue weighted by Gasteiger charge is -2.06. The second-order valence-electron chi connectivity index (χ2n) is 2.74. The van der Waals surface area contributed by atoms with Crippen LogP contribution in [0.5, 0.6) is 5.75 Å². The molecule has 0 spiro atoms. The van der Waals surface area contributed by atoms with Crippen molar-refractivity contribution in [2.45, 2.75) is 6.42 Å². The van der Waals surface area contributed by atoms with Gasteiger partial charge in [0.05, 0.1) is 0 Å². The normalized spacial score (nSPS) is 9.50. The third kappa shape index (κ3) is 3.02. The Morgan fingerprint density at radius 1 is 1.50 bits per heavy atom. The molecule has 0 atom stereocenters. The first-order valence-corrected chi connectivity index (χ1v) is 5.05. The number of nitriles is 1. The van der Waals surface area contributed by atoms with Gasteiger partial charge in [-0.2, -0.15) is 5.26 Å². The summed E-state index contributed by atoms with van der Waals surface area (Å²) in [6.07, 6.45) is 0.796. The molecule has 0 heterocycles.